The van der Waals surface area contributed by atoms with Gasteiger partial charge < -0.3 is 20.4 Å². The maximum absolute atomic E-state index is 8.91. The van der Waals surface area contributed by atoms with Crippen LogP contribution in [-0.2, 0) is 22.4 Å². The Labute approximate surface area is 195 Å². The Morgan fingerprint density at radius 1 is 0.276 bits per heavy atom. The van der Waals surface area contributed by atoms with E-state index in [-0.39, 0.29) is 46.8 Å². The van der Waals surface area contributed by atoms with Crippen molar-refractivity contribution in [1.82, 2.24) is 0 Å². The minimum atomic E-state index is 0. The summed E-state index contributed by atoms with van der Waals surface area (Å²) in [7, 11) is 0. The number of aliphatic hydroxyl groups is 4. The zero-order chi connectivity index (χ0) is 20.5. The zero-order valence-electron chi connectivity index (χ0n) is 18.7. The first-order valence-electron chi connectivity index (χ1n) is 12.3. The zero-order valence-corrected chi connectivity index (χ0v) is 20.9. The molecule has 29 heavy (non-hydrogen) atoms. The molecule has 4 aliphatic rings. The molecule has 0 unspecified atom stereocenters. The molecule has 0 atom stereocenters. The van der Waals surface area contributed by atoms with Crippen LogP contribution in [0, 0.1) is 0 Å². The van der Waals surface area contributed by atoms with Gasteiger partial charge in [-0.15, -0.1) is 0 Å². The van der Waals surface area contributed by atoms with Crippen LogP contribution in [-0.4, -0.2) is 44.8 Å². The maximum Gasteiger partial charge on any atom is 0.0540 e. The smallest absolute Gasteiger partial charge is 0.0540 e. The summed E-state index contributed by atoms with van der Waals surface area (Å²) in [4.78, 5) is 0. The fourth-order valence-electron chi connectivity index (χ4n) is 4.32. The van der Waals surface area contributed by atoms with Gasteiger partial charge in [0.2, 0.25) is 0 Å². The van der Waals surface area contributed by atoms with Crippen LogP contribution in [0.3, 0.4) is 0 Å². The van der Waals surface area contributed by atoms with Crippen LogP contribution in [0.15, 0.2) is 0 Å². The summed E-state index contributed by atoms with van der Waals surface area (Å²) >= 11 is 0. The van der Waals surface area contributed by atoms with Gasteiger partial charge in [-0.25, -0.2) is 0 Å². The van der Waals surface area contributed by atoms with Crippen molar-refractivity contribution < 1.29 is 42.8 Å². The van der Waals surface area contributed by atoms with Crippen molar-refractivity contribution >= 4 is 0 Å². The van der Waals surface area contributed by atoms with Crippen LogP contribution in [0.5, 0.6) is 0 Å². The van der Waals surface area contributed by atoms with E-state index < -0.39 is 0 Å². The first kappa shape index (κ1) is 29.6. The van der Waals surface area contributed by atoms with Crippen molar-refractivity contribution in [3.63, 3.8) is 0 Å². The van der Waals surface area contributed by atoms with Crippen LogP contribution >= 0.6 is 0 Å². The first-order valence-corrected chi connectivity index (χ1v) is 12.3. The van der Waals surface area contributed by atoms with E-state index in [2.05, 4.69) is 0 Å². The molecule has 4 aliphatic carbocycles. The molecule has 0 saturated heterocycles. The number of hydrogen-bond donors (Lipinski definition) is 4. The molecule has 1 radical (unpaired) electrons. The molecule has 0 aromatic heterocycles. The van der Waals surface area contributed by atoms with Crippen molar-refractivity contribution in [2.45, 2.75) is 153 Å². The number of rotatable bonds is 0. The summed E-state index contributed by atoms with van der Waals surface area (Å²) in [6, 6.07) is 0. The molecule has 4 rings (SSSR count). The summed E-state index contributed by atoms with van der Waals surface area (Å²) in [5.74, 6) is 0. The van der Waals surface area contributed by atoms with E-state index in [0.717, 1.165) is 51.4 Å². The Bertz CT molecular complexity index is 255. The molecule has 4 N–H and O–H groups in total. The van der Waals surface area contributed by atoms with Crippen molar-refractivity contribution in [3.8, 4) is 0 Å². The monoisotopic (exact) mass is 493 g/mol. The molecule has 0 bridgehead atoms. The van der Waals surface area contributed by atoms with Crippen molar-refractivity contribution in [2.75, 3.05) is 0 Å². The molecule has 5 heteroatoms. The maximum atomic E-state index is 8.91. The SMILES string of the molecule is OC1CCCCC1.OC1CCCCC1.OC1CCCCC1.OC1CCCCC1.[Nb]. The van der Waals surface area contributed by atoms with Gasteiger partial charge in [0.05, 0.1) is 24.4 Å². The van der Waals surface area contributed by atoms with Crippen LogP contribution in [0.25, 0.3) is 0 Å². The Kier molecular flexibility index (Phi) is 20.9. The first-order chi connectivity index (χ1) is 13.6. The fraction of sp³-hybridized carbons (Fsp3) is 1.00. The Hall–Kier alpha value is 0.580. The van der Waals surface area contributed by atoms with E-state index in [0.29, 0.717) is 0 Å². The normalized spacial score (nSPS) is 24.4. The van der Waals surface area contributed by atoms with E-state index in [1.165, 1.54) is 77.0 Å². The number of aliphatic hydroxyl groups excluding tert-OH is 4. The minimum Gasteiger partial charge on any atom is -0.393 e. The molecular weight excluding hydrogens is 445 g/mol. The van der Waals surface area contributed by atoms with Gasteiger partial charge >= 0.3 is 0 Å². The molecule has 4 saturated carbocycles. The summed E-state index contributed by atoms with van der Waals surface area (Å²) in [5, 5.41) is 35.6. The topological polar surface area (TPSA) is 80.9 Å². The van der Waals surface area contributed by atoms with E-state index in [9.17, 15) is 0 Å². The van der Waals surface area contributed by atoms with Gasteiger partial charge in [-0.05, 0) is 51.4 Å². The van der Waals surface area contributed by atoms with Gasteiger partial charge in [0.1, 0.15) is 0 Å². The molecule has 4 fully saturated rings. The standard InChI is InChI=1S/4C6H12O.Nb/c4*7-6-4-2-1-3-5-6;/h4*6-7H,1-5H2;. The number of hydrogen-bond acceptors (Lipinski definition) is 4. The summed E-state index contributed by atoms with van der Waals surface area (Å²) in [6.07, 6.45) is 23.7. The average molecular weight is 494 g/mol. The predicted octanol–water partition coefficient (Wildman–Crippen LogP) is 5.24. The summed E-state index contributed by atoms with van der Waals surface area (Å²) in [5.41, 5.74) is 0. The van der Waals surface area contributed by atoms with Crippen LogP contribution in [0.4, 0.5) is 0 Å². The van der Waals surface area contributed by atoms with Crippen molar-refractivity contribution in [3.05, 3.63) is 0 Å². The second-order valence-corrected chi connectivity index (χ2v) is 9.17. The van der Waals surface area contributed by atoms with Crippen molar-refractivity contribution in [1.29, 1.82) is 0 Å². The Morgan fingerprint density at radius 3 is 0.483 bits per heavy atom. The molecule has 0 aliphatic heterocycles. The molecule has 0 aromatic rings. The molecule has 0 aromatic carbocycles. The van der Waals surface area contributed by atoms with E-state index in [4.69, 9.17) is 20.4 Å². The molecule has 0 spiro atoms. The summed E-state index contributed by atoms with van der Waals surface area (Å²) < 4.78 is 0. The van der Waals surface area contributed by atoms with Crippen LogP contribution in [0.1, 0.15) is 128 Å². The van der Waals surface area contributed by atoms with Gasteiger partial charge in [-0.1, -0.05) is 77.0 Å². The average Bonchev–Trinajstić information content (AvgIpc) is 2.72. The Morgan fingerprint density at radius 2 is 0.414 bits per heavy atom. The van der Waals surface area contributed by atoms with Crippen LogP contribution < -0.4 is 0 Å². The summed E-state index contributed by atoms with van der Waals surface area (Å²) in [6.45, 7) is 0. The van der Waals surface area contributed by atoms with Gasteiger partial charge in [-0.3, -0.25) is 0 Å². The van der Waals surface area contributed by atoms with Gasteiger partial charge in [0, 0.05) is 22.4 Å². The minimum absolute atomic E-state index is 0. The third kappa shape index (κ3) is 19.0. The largest absolute Gasteiger partial charge is 0.393 e. The van der Waals surface area contributed by atoms with E-state index >= 15 is 0 Å². The fourth-order valence-corrected chi connectivity index (χ4v) is 4.32. The van der Waals surface area contributed by atoms with Crippen molar-refractivity contribution in [2.24, 2.45) is 0 Å². The molecule has 173 valence electrons. The molecule has 4 nitrogen and oxygen atoms in total. The van der Waals surface area contributed by atoms with Gasteiger partial charge in [0.25, 0.3) is 0 Å². The van der Waals surface area contributed by atoms with E-state index in [1.54, 1.807) is 0 Å². The molecule has 0 heterocycles. The van der Waals surface area contributed by atoms with E-state index in [1.807, 2.05) is 0 Å². The Balaban J connectivity index is 0.000000356. The predicted molar refractivity (Wildman–Crippen MR) is 116 cm³/mol. The molecule has 0 amide bonds. The molecular formula is C24H48NbO4. The quantitative estimate of drug-likeness (QED) is 0.348. The second-order valence-electron chi connectivity index (χ2n) is 9.17. The van der Waals surface area contributed by atoms with Crippen LogP contribution in [0.2, 0.25) is 0 Å². The second kappa shape index (κ2) is 20.5. The third-order valence-electron chi connectivity index (χ3n) is 6.30. The van der Waals surface area contributed by atoms with Gasteiger partial charge in [0.15, 0.2) is 0 Å². The van der Waals surface area contributed by atoms with Gasteiger partial charge in [-0.2, -0.15) is 0 Å². The third-order valence-corrected chi connectivity index (χ3v) is 6.30.